The third kappa shape index (κ3) is 4.51. The van der Waals surface area contributed by atoms with Crippen LogP contribution in [0, 0.1) is 11.3 Å². The molecule has 0 radical (unpaired) electrons. The molecule has 0 aliphatic rings. The molecule has 0 unspecified atom stereocenters. The van der Waals surface area contributed by atoms with Gasteiger partial charge in [0, 0.05) is 20.5 Å². The number of aromatic nitrogens is 4. The second-order valence-electron chi connectivity index (χ2n) is 8.12. The molecule has 7 heteroatoms. The molecule has 0 amide bonds. The Morgan fingerprint density at radius 1 is 1.08 bits per heavy atom. The highest BCUT2D eigenvalue weighted by atomic mass is 32.2. The molecule has 2 rings (SSSR count). The molecule has 0 aliphatic heterocycles. The fourth-order valence-electron chi connectivity index (χ4n) is 2.52. The summed E-state index contributed by atoms with van der Waals surface area (Å²) >= 11 is 1.58. The van der Waals surface area contributed by atoms with Gasteiger partial charge in [-0.15, -0.1) is 11.8 Å². The fraction of sp³-hybridized carbons (Fsp3) is 0.667. The number of nitrogens with zero attached hydrogens (tertiary/aromatic N) is 4. The van der Waals surface area contributed by atoms with Gasteiger partial charge >= 0.3 is 5.69 Å². The Hall–Kier alpha value is -1.63. The molecule has 0 saturated carbocycles. The molecule has 0 saturated heterocycles. The number of fused-ring (bicyclic) bond motifs is 1. The summed E-state index contributed by atoms with van der Waals surface area (Å²) < 4.78 is 2.57. The summed E-state index contributed by atoms with van der Waals surface area (Å²) in [5.74, 6) is 2.14. The van der Waals surface area contributed by atoms with Crippen LogP contribution in [0.2, 0.25) is 0 Å². The van der Waals surface area contributed by atoms with Gasteiger partial charge in [-0.05, 0) is 23.5 Å². The molecular weight excluding hydrogens is 336 g/mol. The van der Waals surface area contributed by atoms with Crippen molar-refractivity contribution in [3.8, 4) is 0 Å². The van der Waals surface area contributed by atoms with E-state index in [1.54, 1.807) is 18.8 Å². The highest BCUT2D eigenvalue weighted by Crippen LogP contribution is 2.26. The molecule has 6 nitrogen and oxygen atoms in total. The molecular formula is C18H28N4O2S. The van der Waals surface area contributed by atoms with Crippen LogP contribution >= 0.6 is 11.8 Å². The Morgan fingerprint density at radius 3 is 2.28 bits per heavy atom. The smallest absolute Gasteiger partial charge is 0.280 e. The molecule has 0 N–H and O–H groups in total. The number of hydrogen-bond donors (Lipinski definition) is 0. The van der Waals surface area contributed by atoms with Crippen LogP contribution in [0.5, 0.6) is 0 Å². The third-order valence-corrected chi connectivity index (χ3v) is 4.94. The van der Waals surface area contributed by atoms with Gasteiger partial charge in [0.25, 0.3) is 5.56 Å². The monoisotopic (exact) mass is 364 g/mol. The van der Waals surface area contributed by atoms with Crippen LogP contribution in [-0.4, -0.2) is 24.9 Å². The highest BCUT2D eigenvalue weighted by molar-refractivity contribution is 7.99. The van der Waals surface area contributed by atoms with Crippen LogP contribution in [0.25, 0.3) is 11.0 Å². The van der Waals surface area contributed by atoms with E-state index in [9.17, 15) is 9.59 Å². The van der Waals surface area contributed by atoms with Gasteiger partial charge in [0.15, 0.2) is 5.65 Å². The minimum atomic E-state index is -0.365. The van der Waals surface area contributed by atoms with Crippen LogP contribution in [0.3, 0.4) is 0 Å². The summed E-state index contributed by atoms with van der Waals surface area (Å²) in [6.07, 6.45) is 1.72. The molecule has 0 aromatic carbocycles. The number of hydrogen-bond acceptors (Lipinski definition) is 5. The maximum Gasteiger partial charge on any atom is 0.332 e. The molecule has 2 heterocycles. The summed E-state index contributed by atoms with van der Waals surface area (Å²) in [7, 11) is 3.15. The zero-order chi connectivity index (χ0) is 18.9. The van der Waals surface area contributed by atoms with Crippen LogP contribution in [-0.2, 0) is 20.5 Å². The summed E-state index contributed by atoms with van der Waals surface area (Å²) in [6.45, 7) is 10.7. The topological polar surface area (TPSA) is 69.8 Å². The first-order valence-electron chi connectivity index (χ1n) is 8.60. The van der Waals surface area contributed by atoms with E-state index in [-0.39, 0.29) is 16.7 Å². The van der Waals surface area contributed by atoms with Crippen molar-refractivity contribution in [3.63, 3.8) is 0 Å². The number of thioether (sulfide) groups is 1. The van der Waals surface area contributed by atoms with Crippen molar-refractivity contribution in [1.82, 2.24) is 19.1 Å². The van der Waals surface area contributed by atoms with Crippen molar-refractivity contribution in [2.75, 3.05) is 5.75 Å². The average Bonchev–Trinajstić information content (AvgIpc) is 2.48. The van der Waals surface area contributed by atoms with E-state index in [0.717, 1.165) is 16.7 Å². The molecule has 0 spiro atoms. The van der Waals surface area contributed by atoms with E-state index in [1.165, 1.54) is 11.6 Å². The molecule has 0 bridgehead atoms. The zero-order valence-corrected chi connectivity index (χ0v) is 17.0. The minimum absolute atomic E-state index is 0.0200. The van der Waals surface area contributed by atoms with Gasteiger partial charge < -0.3 is 0 Å². The molecule has 25 heavy (non-hydrogen) atoms. The van der Waals surface area contributed by atoms with Crippen molar-refractivity contribution >= 4 is 22.8 Å². The van der Waals surface area contributed by atoms with E-state index in [0.29, 0.717) is 34.2 Å². The van der Waals surface area contributed by atoms with Gasteiger partial charge in [-0.25, -0.2) is 14.8 Å². The second kappa shape index (κ2) is 7.32. The molecule has 2 aromatic heterocycles. The summed E-state index contributed by atoms with van der Waals surface area (Å²) in [5.41, 5.74) is -0.246. The van der Waals surface area contributed by atoms with E-state index in [2.05, 4.69) is 44.6 Å². The Morgan fingerprint density at radius 2 is 1.72 bits per heavy atom. The van der Waals surface area contributed by atoms with Gasteiger partial charge in [0.2, 0.25) is 0 Å². The Labute approximate surface area is 152 Å². The summed E-state index contributed by atoms with van der Waals surface area (Å²) in [6, 6.07) is 0. The average molecular weight is 365 g/mol. The second-order valence-corrected chi connectivity index (χ2v) is 9.20. The Bertz CT molecular complexity index is 891. The lowest BCUT2D eigenvalue weighted by Gasteiger charge is -2.18. The summed E-state index contributed by atoms with van der Waals surface area (Å²) in [4.78, 5) is 34.2. The maximum absolute atomic E-state index is 12.7. The van der Waals surface area contributed by atoms with Crippen molar-refractivity contribution in [1.29, 1.82) is 0 Å². The van der Waals surface area contributed by atoms with Gasteiger partial charge in [0.05, 0.1) is 0 Å². The molecule has 0 atom stereocenters. The zero-order valence-electron chi connectivity index (χ0n) is 16.2. The lowest BCUT2D eigenvalue weighted by molar-refractivity contribution is 0.399. The normalized spacial score (nSPS) is 12.3. The van der Waals surface area contributed by atoms with Gasteiger partial charge in [-0.3, -0.25) is 13.9 Å². The Balaban J connectivity index is 2.68. The van der Waals surface area contributed by atoms with Crippen LogP contribution in [0.1, 0.15) is 46.9 Å². The maximum atomic E-state index is 12.7. The lowest BCUT2D eigenvalue weighted by Crippen LogP contribution is -2.38. The quantitative estimate of drug-likeness (QED) is 0.603. The van der Waals surface area contributed by atoms with Gasteiger partial charge in [0.1, 0.15) is 16.2 Å². The van der Waals surface area contributed by atoms with Crippen molar-refractivity contribution in [3.05, 3.63) is 26.7 Å². The predicted octanol–water partition coefficient (Wildman–Crippen LogP) is 2.75. The summed E-state index contributed by atoms with van der Waals surface area (Å²) in [5, 5.41) is 1.12. The number of aryl methyl sites for hydroxylation is 1. The van der Waals surface area contributed by atoms with Crippen molar-refractivity contribution in [2.45, 2.75) is 52.5 Å². The van der Waals surface area contributed by atoms with Crippen LogP contribution < -0.4 is 11.2 Å². The molecule has 2 aromatic rings. The van der Waals surface area contributed by atoms with Crippen LogP contribution in [0.4, 0.5) is 0 Å². The minimum Gasteiger partial charge on any atom is -0.280 e. The first-order valence-corrected chi connectivity index (χ1v) is 9.59. The van der Waals surface area contributed by atoms with E-state index >= 15 is 0 Å². The van der Waals surface area contributed by atoms with Gasteiger partial charge in [-0.1, -0.05) is 34.6 Å². The first-order chi connectivity index (χ1) is 11.5. The molecule has 138 valence electrons. The van der Waals surface area contributed by atoms with Crippen molar-refractivity contribution in [2.24, 2.45) is 25.4 Å². The van der Waals surface area contributed by atoms with Crippen molar-refractivity contribution < 1.29 is 0 Å². The van der Waals surface area contributed by atoms with Crippen LogP contribution in [0.15, 0.2) is 14.6 Å². The molecule has 0 fully saturated rings. The van der Waals surface area contributed by atoms with E-state index in [1.807, 2.05) is 0 Å². The number of rotatable bonds is 5. The Kier molecular flexibility index (Phi) is 5.76. The van der Waals surface area contributed by atoms with Gasteiger partial charge in [-0.2, -0.15) is 0 Å². The third-order valence-electron chi connectivity index (χ3n) is 3.94. The SMILES string of the molecule is CC(C)CCSc1nc(CC(C)(C)C)nc2c1c(=O)n(C)c(=O)n2C. The largest absolute Gasteiger partial charge is 0.332 e. The lowest BCUT2D eigenvalue weighted by atomic mass is 9.92. The van der Waals surface area contributed by atoms with E-state index < -0.39 is 0 Å². The molecule has 0 aliphatic carbocycles. The van der Waals surface area contributed by atoms with E-state index in [4.69, 9.17) is 0 Å². The predicted molar refractivity (Wildman–Crippen MR) is 103 cm³/mol. The standard InChI is InChI=1S/C18H28N4O2S/c1-11(2)8-9-25-15-13-14(19-12(20-15)10-18(3,4)5)21(6)17(24)22(7)16(13)23/h11H,8-10H2,1-7H3. The first kappa shape index (κ1) is 19.7. The highest BCUT2D eigenvalue weighted by Gasteiger charge is 2.20. The fourth-order valence-corrected chi connectivity index (χ4v) is 3.80.